The van der Waals surface area contributed by atoms with Crippen LogP contribution in [0.25, 0.3) is 0 Å². The van der Waals surface area contributed by atoms with Crippen molar-refractivity contribution in [1.29, 1.82) is 0 Å². The largest absolute Gasteiger partial charge is 0.329 e. The number of hydrogen-bond acceptors (Lipinski definition) is 5. The molecule has 0 aliphatic rings. The Kier molecular flexibility index (Phi) is 8.27. The van der Waals surface area contributed by atoms with E-state index in [1.54, 1.807) is 0 Å². The van der Waals surface area contributed by atoms with E-state index in [0.29, 0.717) is 6.42 Å². The van der Waals surface area contributed by atoms with Crippen molar-refractivity contribution in [3.63, 3.8) is 0 Å². The molecule has 0 aliphatic heterocycles. The Bertz CT molecular complexity index is 623. The lowest BCUT2D eigenvalue weighted by atomic mass is 10.1. The van der Waals surface area contributed by atoms with Gasteiger partial charge in [-0.25, -0.2) is 13.1 Å². The van der Waals surface area contributed by atoms with E-state index in [4.69, 9.17) is 17.3 Å². The minimum absolute atomic E-state index is 0. The number of benzene rings is 1. The highest BCUT2D eigenvalue weighted by atomic mass is 35.5. The lowest BCUT2D eigenvalue weighted by Gasteiger charge is -2.19. The van der Waals surface area contributed by atoms with Gasteiger partial charge in [-0.05, 0) is 18.4 Å². The van der Waals surface area contributed by atoms with Crippen LogP contribution < -0.4 is 10.5 Å². The van der Waals surface area contributed by atoms with Gasteiger partial charge in [-0.1, -0.05) is 31.5 Å². The molecule has 1 aromatic rings. The summed E-state index contributed by atoms with van der Waals surface area (Å²) in [6.45, 7) is 3.94. The van der Waals surface area contributed by atoms with Crippen molar-refractivity contribution < 1.29 is 13.3 Å². The molecule has 0 heterocycles. The highest BCUT2D eigenvalue weighted by molar-refractivity contribution is 7.89. The first-order valence-electron chi connectivity index (χ1n) is 6.34. The SMILES string of the molecule is CC(C)CC(CN)NS(=O)(=O)c1c(Cl)cccc1[N+](=O)[O-].Cl. The van der Waals surface area contributed by atoms with Gasteiger partial charge in [0.25, 0.3) is 5.69 Å². The summed E-state index contributed by atoms with van der Waals surface area (Å²) >= 11 is 5.84. The number of nitrogens with zero attached hydrogens (tertiary/aromatic N) is 1. The van der Waals surface area contributed by atoms with Crippen molar-refractivity contribution in [2.75, 3.05) is 6.54 Å². The molecular formula is C12H19Cl2N3O4S. The molecular weight excluding hydrogens is 353 g/mol. The molecule has 0 saturated heterocycles. The van der Waals surface area contributed by atoms with E-state index in [1.807, 2.05) is 13.8 Å². The van der Waals surface area contributed by atoms with E-state index in [-0.39, 0.29) is 29.9 Å². The van der Waals surface area contributed by atoms with Crippen LogP contribution in [-0.4, -0.2) is 25.9 Å². The number of hydrogen-bond donors (Lipinski definition) is 2. The second-order valence-electron chi connectivity index (χ2n) is 5.03. The number of rotatable bonds is 7. The topological polar surface area (TPSA) is 115 Å². The summed E-state index contributed by atoms with van der Waals surface area (Å²) in [6.07, 6.45) is 0.522. The fourth-order valence-electron chi connectivity index (χ4n) is 1.95. The van der Waals surface area contributed by atoms with E-state index in [2.05, 4.69) is 4.72 Å². The van der Waals surface area contributed by atoms with Gasteiger partial charge >= 0.3 is 0 Å². The van der Waals surface area contributed by atoms with Gasteiger partial charge in [-0.15, -0.1) is 12.4 Å². The molecule has 0 radical (unpaired) electrons. The van der Waals surface area contributed by atoms with Crippen molar-refractivity contribution in [2.24, 2.45) is 11.7 Å². The third-order valence-corrected chi connectivity index (χ3v) is 4.81. The average molecular weight is 372 g/mol. The molecule has 3 N–H and O–H groups in total. The molecule has 10 heteroatoms. The lowest BCUT2D eigenvalue weighted by Crippen LogP contribution is -2.41. The number of nitro groups is 1. The van der Waals surface area contributed by atoms with Crippen molar-refractivity contribution >= 4 is 39.7 Å². The molecule has 7 nitrogen and oxygen atoms in total. The molecule has 1 unspecified atom stereocenters. The molecule has 0 saturated carbocycles. The van der Waals surface area contributed by atoms with Crippen molar-refractivity contribution in [2.45, 2.75) is 31.2 Å². The molecule has 0 aromatic heterocycles. The van der Waals surface area contributed by atoms with Gasteiger partial charge in [-0.3, -0.25) is 10.1 Å². The summed E-state index contributed by atoms with van der Waals surface area (Å²) in [5.41, 5.74) is 4.99. The highest BCUT2D eigenvalue weighted by Crippen LogP contribution is 2.30. The zero-order valence-electron chi connectivity index (χ0n) is 12.2. The summed E-state index contributed by atoms with van der Waals surface area (Å²) in [5, 5.41) is 10.8. The first-order chi connectivity index (χ1) is 9.69. The number of nitrogens with two attached hydrogens (primary N) is 1. The van der Waals surface area contributed by atoms with Crippen molar-refractivity contribution in [1.82, 2.24) is 4.72 Å². The molecule has 1 aromatic carbocycles. The maximum Gasteiger partial charge on any atom is 0.290 e. The number of nitrogens with one attached hydrogen (secondary N) is 1. The van der Waals surface area contributed by atoms with Gasteiger partial charge in [0, 0.05) is 18.7 Å². The molecule has 1 atom stereocenters. The lowest BCUT2D eigenvalue weighted by molar-refractivity contribution is -0.387. The average Bonchev–Trinajstić information content (AvgIpc) is 2.36. The summed E-state index contributed by atoms with van der Waals surface area (Å²) in [6, 6.07) is 3.21. The van der Waals surface area contributed by atoms with E-state index in [9.17, 15) is 18.5 Å². The fourth-order valence-corrected chi connectivity index (χ4v) is 3.91. The van der Waals surface area contributed by atoms with Crippen LogP contribution in [-0.2, 0) is 10.0 Å². The van der Waals surface area contributed by atoms with Crippen LogP contribution in [0.2, 0.25) is 5.02 Å². The van der Waals surface area contributed by atoms with Gasteiger partial charge in [0.1, 0.15) is 0 Å². The van der Waals surface area contributed by atoms with Crippen LogP contribution in [0.1, 0.15) is 20.3 Å². The number of halogens is 2. The molecule has 126 valence electrons. The second-order valence-corrected chi connectivity index (χ2v) is 7.09. The third kappa shape index (κ3) is 5.36. The van der Waals surface area contributed by atoms with E-state index in [1.165, 1.54) is 12.1 Å². The van der Waals surface area contributed by atoms with Gasteiger partial charge < -0.3 is 5.73 Å². The number of nitro benzene ring substituents is 1. The normalized spacial score (nSPS) is 12.8. The molecule has 0 amide bonds. The maximum atomic E-state index is 12.4. The summed E-state index contributed by atoms with van der Waals surface area (Å²) in [4.78, 5) is 9.68. The quantitative estimate of drug-likeness (QED) is 0.563. The maximum absolute atomic E-state index is 12.4. The Morgan fingerprint density at radius 2 is 2.00 bits per heavy atom. The van der Waals surface area contributed by atoms with Crippen LogP contribution in [0.4, 0.5) is 5.69 Å². The molecule has 1 rings (SSSR count). The van der Waals surface area contributed by atoms with Crippen molar-refractivity contribution in [3.8, 4) is 0 Å². The Balaban J connectivity index is 0.00000441. The second kappa shape index (κ2) is 8.64. The predicted octanol–water partition coefficient (Wildman–Crippen LogP) is 2.32. The molecule has 0 bridgehead atoms. The van der Waals surface area contributed by atoms with Crippen LogP contribution in [0.3, 0.4) is 0 Å². The number of sulfonamides is 1. The smallest absolute Gasteiger partial charge is 0.290 e. The Hall–Kier alpha value is -0.930. The van der Waals surface area contributed by atoms with Gasteiger partial charge in [0.05, 0.1) is 9.95 Å². The first-order valence-corrected chi connectivity index (χ1v) is 8.20. The molecule has 0 spiro atoms. The monoisotopic (exact) mass is 371 g/mol. The van der Waals surface area contributed by atoms with Crippen LogP contribution in [0.5, 0.6) is 0 Å². The fraction of sp³-hybridized carbons (Fsp3) is 0.500. The van der Waals surface area contributed by atoms with Gasteiger partial charge in [0.2, 0.25) is 10.0 Å². The Morgan fingerprint density at radius 1 is 1.41 bits per heavy atom. The summed E-state index contributed by atoms with van der Waals surface area (Å²) in [5.74, 6) is 0.225. The third-order valence-electron chi connectivity index (χ3n) is 2.77. The van der Waals surface area contributed by atoms with E-state index in [0.717, 1.165) is 6.07 Å². The standard InChI is InChI=1S/C12H18ClN3O4S.ClH/c1-8(2)6-9(7-14)15-21(19,20)12-10(13)4-3-5-11(12)16(17)18;/h3-5,8-9,15H,6-7,14H2,1-2H3;1H. The van der Waals surface area contributed by atoms with Crippen molar-refractivity contribution in [3.05, 3.63) is 33.3 Å². The minimum atomic E-state index is -4.13. The molecule has 22 heavy (non-hydrogen) atoms. The Labute approximate surface area is 140 Å². The predicted molar refractivity (Wildman–Crippen MR) is 88.0 cm³/mol. The van der Waals surface area contributed by atoms with E-state index >= 15 is 0 Å². The van der Waals surface area contributed by atoms with Crippen LogP contribution in [0.15, 0.2) is 23.1 Å². The Morgan fingerprint density at radius 3 is 2.45 bits per heavy atom. The van der Waals surface area contributed by atoms with Gasteiger partial charge in [0.15, 0.2) is 4.90 Å². The van der Waals surface area contributed by atoms with Gasteiger partial charge in [-0.2, -0.15) is 0 Å². The molecule has 0 fully saturated rings. The summed E-state index contributed by atoms with van der Waals surface area (Å²) < 4.78 is 27.1. The van der Waals surface area contributed by atoms with E-state index < -0.39 is 31.6 Å². The zero-order chi connectivity index (χ0) is 16.2. The zero-order valence-corrected chi connectivity index (χ0v) is 14.5. The highest BCUT2D eigenvalue weighted by Gasteiger charge is 2.30. The first kappa shape index (κ1) is 21.1. The summed E-state index contributed by atoms with van der Waals surface area (Å²) in [7, 11) is -4.13. The van der Waals surface area contributed by atoms with Crippen LogP contribution in [0, 0.1) is 16.0 Å². The molecule has 0 aliphatic carbocycles. The minimum Gasteiger partial charge on any atom is -0.329 e. The van der Waals surface area contributed by atoms with Crippen LogP contribution >= 0.6 is 24.0 Å².